The van der Waals surface area contributed by atoms with Gasteiger partial charge in [0.1, 0.15) is 0 Å². The zero-order valence-corrected chi connectivity index (χ0v) is 7.38. The third-order valence-electron chi connectivity index (χ3n) is 1.90. The van der Waals surface area contributed by atoms with Crippen LogP contribution in [0.1, 0.15) is 31.9 Å². The van der Waals surface area contributed by atoms with Gasteiger partial charge in [-0.15, -0.1) is 0 Å². The van der Waals surface area contributed by atoms with Crippen molar-refractivity contribution in [3.63, 3.8) is 0 Å². The van der Waals surface area contributed by atoms with Crippen LogP contribution in [-0.2, 0) is 6.54 Å². The van der Waals surface area contributed by atoms with Gasteiger partial charge in [-0.25, -0.2) is 0 Å². The van der Waals surface area contributed by atoms with Gasteiger partial charge in [-0.3, -0.25) is 4.68 Å². The molecule has 0 aliphatic carbocycles. The van der Waals surface area contributed by atoms with E-state index in [9.17, 15) is 0 Å². The van der Waals surface area contributed by atoms with Gasteiger partial charge >= 0.3 is 0 Å². The SMILES string of the molecule is CCCCCn1nccc1C. The topological polar surface area (TPSA) is 17.8 Å². The van der Waals surface area contributed by atoms with Gasteiger partial charge in [-0.1, -0.05) is 19.8 Å². The van der Waals surface area contributed by atoms with E-state index in [2.05, 4.69) is 23.6 Å². The Hall–Kier alpha value is -0.790. The van der Waals surface area contributed by atoms with E-state index in [4.69, 9.17) is 0 Å². The maximum Gasteiger partial charge on any atom is 0.0492 e. The van der Waals surface area contributed by atoms with Gasteiger partial charge in [0, 0.05) is 18.4 Å². The molecular formula is C9H16N2. The molecule has 0 radical (unpaired) electrons. The van der Waals surface area contributed by atoms with Gasteiger partial charge in [0.05, 0.1) is 0 Å². The first-order chi connectivity index (χ1) is 5.34. The maximum atomic E-state index is 4.20. The summed E-state index contributed by atoms with van der Waals surface area (Å²) in [6, 6.07) is 2.05. The molecule has 0 bridgehead atoms. The highest BCUT2D eigenvalue weighted by Crippen LogP contribution is 2.00. The Morgan fingerprint density at radius 2 is 2.27 bits per heavy atom. The van der Waals surface area contributed by atoms with E-state index < -0.39 is 0 Å². The number of rotatable bonds is 4. The van der Waals surface area contributed by atoms with Crippen LogP contribution in [0.25, 0.3) is 0 Å². The minimum atomic E-state index is 1.08. The third kappa shape index (κ3) is 2.37. The first-order valence-electron chi connectivity index (χ1n) is 4.33. The quantitative estimate of drug-likeness (QED) is 0.606. The minimum absolute atomic E-state index is 1.08. The Kier molecular flexibility index (Phi) is 3.14. The lowest BCUT2D eigenvalue weighted by molar-refractivity contribution is 0.542. The number of unbranched alkanes of at least 4 members (excludes halogenated alkanes) is 2. The molecule has 0 atom stereocenters. The number of hydrogen-bond acceptors (Lipinski definition) is 1. The van der Waals surface area contributed by atoms with Gasteiger partial charge in [0.15, 0.2) is 0 Å². The Balaban J connectivity index is 2.32. The molecule has 0 spiro atoms. The van der Waals surface area contributed by atoms with Crippen molar-refractivity contribution < 1.29 is 0 Å². The molecule has 0 fully saturated rings. The fourth-order valence-corrected chi connectivity index (χ4v) is 1.14. The highest BCUT2D eigenvalue weighted by Gasteiger charge is 1.94. The molecule has 2 heteroatoms. The van der Waals surface area contributed by atoms with Crippen LogP contribution < -0.4 is 0 Å². The average Bonchev–Trinajstić information content (AvgIpc) is 2.37. The Morgan fingerprint density at radius 3 is 2.82 bits per heavy atom. The van der Waals surface area contributed by atoms with Gasteiger partial charge in [0.2, 0.25) is 0 Å². The van der Waals surface area contributed by atoms with Crippen molar-refractivity contribution in [2.24, 2.45) is 0 Å². The fraction of sp³-hybridized carbons (Fsp3) is 0.667. The lowest BCUT2D eigenvalue weighted by Crippen LogP contribution is -2.01. The molecule has 62 valence electrons. The van der Waals surface area contributed by atoms with E-state index in [0.29, 0.717) is 0 Å². The van der Waals surface area contributed by atoms with Gasteiger partial charge in [0.25, 0.3) is 0 Å². The largest absolute Gasteiger partial charge is 0.270 e. The summed E-state index contributed by atoms with van der Waals surface area (Å²) in [6.07, 6.45) is 5.69. The lowest BCUT2D eigenvalue weighted by atomic mass is 10.2. The molecule has 1 aromatic heterocycles. The lowest BCUT2D eigenvalue weighted by Gasteiger charge is -2.01. The van der Waals surface area contributed by atoms with Crippen molar-refractivity contribution in [2.45, 2.75) is 39.7 Å². The summed E-state index contributed by atoms with van der Waals surface area (Å²) < 4.78 is 2.07. The predicted octanol–water partition coefficient (Wildman–Crippen LogP) is 2.38. The van der Waals surface area contributed by atoms with E-state index in [1.807, 2.05) is 12.3 Å². The molecule has 0 saturated heterocycles. The van der Waals surface area contributed by atoms with Crippen LogP contribution in [0, 0.1) is 6.92 Å². The number of nitrogens with zero attached hydrogens (tertiary/aromatic N) is 2. The maximum absolute atomic E-state index is 4.20. The predicted molar refractivity (Wildman–Crippen MR) is 46.5 cm³/mol. The number of hydrogen-bond donors (Lipinski definition) is 0. The molecule has 1 rings (SSSR count). The highest BCUT2D eigenvalue weighted by molar-refractivity contribution is 4.96. The molecule has 1 heterocycles. The van der Waals surface area contributed by atoms with Crippen molar-refractivity contribution in [3.8, 4) is 0 Å². The summed E-state index contributed by atoms with van der Waals surface area (Å²) in [5.41, 5.74) is 1.26. The first-order valence-corrected chi connectivity index (χ1v) is 4.33. The molecule has 0 N–H and O–H groups in total. The molecule has 0 aliphatic heterocycles. The highest BCUT2D eigenvalue weighted by atomic mass is 15.3. The summed E-state index contributed by atoms with van der Waals surface area (Å²) in [5, 5.41) is 4.20. The van der Waals surface area contributed by atoms with Crippen LogP contribution >= 0.6 is 0 Å². The zero-order chi connectivity index (χ0) is 8.10. The van der Waals surface area contributed by atoms with E-state index >= 15 is 0 Å². The fourth-order valence-electron chi connectivity index (χ4n) is 1.14. The van der Waals surface area contributed by atoms with Crippen LogP contribution in [0.15, 0.2) is 12.3 Å². The molecule has 0 unspecified atom stereocenters. The first kappa shape index (κ1) is 8.31. The number of aromatic nitrogens is 2. The standard InChI is InChI=1S/C9H16N2/c1-3-4-5-8-11-9(2)6-7-10-11/h6-7H,3-5,8H2,1-2H3. The van der Waals surface area contributed by atoms with Crippen LogP contribution in [-0.4, -0.2) is 9.78 Å². The second-order valence-corrected chi connectivity index (χ2v) is 2.90. The third-order valence-corrected chi connectivity index (χ3v) is 1.90. The smallest absolute Gasteiger partial charge is 0.0492 e. The Labute approximate surface area is 68.2 Å². The molecule has 0 amide bonds. The van der Waals surface area contributed by atoms with E-state index in [-0.39, 0.29) is 0 Å². The van der Waals surface area contributed by atoms with Crippen LogP contribution in [0.4, 0.5) is 0 Å². The van der Waals surface area contributed by atoms with Crippen molar-refractivity contribution in [1.82, 2.24) is 9.78 Å². The molecular weight excluding hydrogens is 136 g/mol. The van der Waals surface area contributed by atoms with Gasteiger partial charge in [-0.2, -0.15) is 5.10 Å². The van der Waals surface area contributed by atoms with Crippen molar-refractivity contribution >= 4 is 0 Å². The molecule has 1 aromatic rings. The molecule has 11 heavy (non-hydrogen) atoms. The zero-order valence-electron chi connectivity index (χ0n) is 7.38. The van der Waals surface area contributed by atoms with Crippen molar-refractivity contribution in [3.05, 3.63) is 18.0 Å². The van der Waals surface area contributed by atoms with Crippen LogP contribution in [0.3, 0.4) is 0 Å². The molecule has 0 aliphatic rings. The number of aryl methyl sites for hydroxylation is 2. The summed E-state index contributed by atoms with van der Waals surface area (Å²) in [5.74, 6) is 0. The van der Waals surface area contributed by atoms with Crippen LogP contribution in [0.2, 0.25) is 0 Å². The Morgan fingerprint density at radius 1 is 1.45 bits per heavy atom. The van der Waals surface area contributed by atoms with Crippen LogP contribution in [0.5, 0.6) is 0 Å². The molecule has 0 saturated carbocycles. The van der Waals surface area contributed by atoms with Gasteiger partial charge in [-0.05, 0) is 19.4 Å². The molecule has 2 nitrogen and oxygen atoms in total. The monoisotopic (exact) mass is 152 g/mol. The summed E-state index contributed by atoms with van der Waals surface area (Å²) in [4.78, 5) is 0. The normalized spacial score (nSPS) is 10.4. The van der Waals surface area contributed by atoms with E-state index in [0.717, 1.165) is 6.54 Å². The van der Waals surface area contributed by atoms with Crippen molar-refractivity contribution in [1.29, 1.82) is 0 Å². The summed E-state index contributed by atoms with van der Waals surface area (Å²) in [6.45, 7) is 5.39. The van der Waals surface area contributed by atoms with Crippen molar-refractivity contribution in [2.75, 3.05) is 0 Å². The molecule has 0 aromatic carbocycles. The average molecular weight is 152 g/mol. The summed E-state index contributed by atoms with van der Waals surface area (Å²) >= 11 is 0. The minimum Gasteiger partial charge on any atom is -0.270 e. The summed E-state index contributed by atoms with van der Waals surface area (Å²) in [7, 11) is 0. The van der Waals surface area contributed by atoms with E-state index in [1.165, 1.54) is 25.0 Å². The Bertz CT molecular complexity index is 203. The second-order valence-electron chi connectivity index (χ2n) is 2.90. The van der Waals surface area contributed by atoms with Gasteiger partial charge < -0.3 is 0 Å². The second kappa shape index (κ2) is 4.16. The van der Waals surface area contributed by atoms with E-state index in [1.54, 1.807) is 0 Å².